The molecular formula is C14H17FO3. The van der Waals surface area contributed by atoms with Gasteiger partial charge in [-0.1, -0.05) is 6.07 Å². The van der Waals surface area contributed by atoms with Crippen molar-refractivity contribution in [2.24, 2.45) is 0 Å². The van der Waals surface area contributed by atoms with E-state index >= 15 is 0 Å². The van der Waals surface area contributed by atoms with Gasteiger partial charge in [0.25, 0.3) is 0 Å². The summed E-state index contributed by atoms with van der Waals surface area (Å²) in [4.78, 5) is 11.4. The molecule has 1 aliphatic rings. The average molecular weight is 252 g/mol. The van der Waals surface area contributed by atoms with Crippen LogP contribution in [0.3, 0.4) is 0 Å². The smallest absolute Gasteiger partial charge is 0.166 e. The average Bonchev–Trinajstić information content (AvgIpc) is 2.37. The van der Waals surface area contributed by atoms with Gasteiger partial charge >= 0.3 is 0 Å². The maximum absolute atomic E-state index is 13.5. The molecule has 0 radical (unpaired) electrons. The third-order valence-corrected chi connectivity index (χ3v) is 3.03. The minimum Gasteiger partial charge on any atom is -0.490 e. The van der Waals surface area contributed by atoms with Crippen molar-refractivity contribution < 1.29 is 18.7 Å². The SMILES string of the molecule is CC(=O)c1c(F)cccc1OCC1CCCCO1. The lowest BCUT2D eigenvalue weighted by atomic mass is 10.1. The van der Waals surface area contributed by atoms with Gasteiger partial charge in [0.05, 0.1) is 11.7 Å². The predicted octanol–water partition coefficient (Wildman–Crippen LogP) is 2.98. The lowest BCUT2D eigenvalue weighted by molar-refractivity contribution is -0.0112. The number of hydrogen-bond acceptors (Lipinski definition) is 3. The zero-order valence-electron chi connectivity index (χ0n) is 10.4. The highest BCUT2D eigenvalue weighted by molar-refractivity contribution is 5.97. The van der Waals surface area contributed by atoms with Crippen LogP contribution in [0.1, 0.15) is 36.5 Å². The quantitative estimate of drug-likeness (QED) is 0.773. The van der Waals surface area contributed by atoms with E-state index in [-0.39, 0.29) is 17.5 Å². The van der Waals surface area contributed by atoms with Gasteiger partial charge in [0.2, 0.25) is 0 Å². The molecule has 1 fully saturated rings. The van der Waals surface area contributed by atoms with Crippen LogP contribution in [0, 0.1) is 5.82 Å². The summed E-state index contributed by atoms with van der Waals surface area (Å²) in [6, 6.07) is 4.42. The molecule has 0 spiro atoms. The molecule has 3 nitrogen and oxygen atoms in total. The van der Waals surface area contributed by atoms with E-state index in [9.17, 15) is 9.18 Å². The van der Waals surface area contributed by atoms with E-state index < -0.39 is 5.82 Å². The standard InChI is InChI=1S/C14H17FO3/c1-10(16)14-12(15)6-4-7-13(14)18-9-11-5-2-3-8-17-11/h4,6-7,11H,2-3,5,8-9H2,1H3. The fourth-order valence-corrected chi connectivity index (χ4v) is 2.09. The molecule has 1 unspecified atom stereocenters. The van der Waals surface area contributed by atoms with E-state index in [2.05, 4.69) is 0 Å². The number of hydrogen-bond donors (Lipinski definition) is 0. The Morgan fingerprint density at radius 3 is 3.00 bits per heavy atom. The second kappa shape index (κ2) is 5.96. The van der Waals surface area contributed by atoms with Crippen molar-refractivity contribution >= 4 is 5.78 Å². The van der Waals surface area contributed by atoms with Gasteiger partial charge < -0.3 is 9.47 Å². The molecule has 0 saturated carbocycles. The van der Waals surface area contributed by atoms with Crippen molar-refractivity contribution in [2.45, 2.75) is 32.3 Å². The number of benzene rings is 1. The van der Waals surface area contributed by atoms with Gasteiger partial charge in [0, 0.05) is 6.61 Å². The van der Waals surface area contributed by atoms with Crippen molar-refractivity contribution in [1.82, 2.24) is 0 Å². The maximum atomic E-state index is 13.5. The van der Waals surface area contributed by atoms with Crippen LogP contribution >= 0.6 is 0 Å². The molecule has 1 aromatic rings. The van der Waals surface area contributed by atoms with E-state index in [4.69, 9.17) is 9.47 Å². The van der Waals surface area contributed by atoms with Crippen molar-refractivity contribution in [3.63, 3.8) is 0 Å². The molecule has 0 aliphatic carbocycles. The van der Waals surface area contributed by atoms with E-state index in [0.29, 0.717) is 12.4 Å². The van der Waals surface area contributed by atoms with Crippen LogP contribution in [-0.4, -0.2) is 25.1 Å². The fraction of sp³-hybridized carbons (Fsp3) is 0.500. The molecule has 0 N–H and O–H groups in total. The molecule has 0 aromatic heterocycles. The molecule has 2 rings (SSSR count). The van der Waals surface area contributed by atoms with Gasteiger partial charge in [0.1, 0.15) is 18.2 Å². The van der Waals surface area contributed by atoms with Gasteiger partial charge in [0.15, 0.2) is 5.78 Å². The Bertz CT molecular complexity index is 425. The van der Waals surface area contributed by atoms with Gasteiger partial charge in [-0.15, -0.1) is 0 Å². The zero-order chi connectivity index (χ0) is 13.0. The van der Waals surface area contributed by atoms with Crippen molar-refractivity contribution in [2.75, 3.05) is 13.2 Å². The highest BCUT2D eigenvalue weighted by atomic mass is 19.1. The van der Waals surface area contributed by atoms with Crippen LogP contribution in [0.5, 0.6) is 5.75 Å². The summed E-state index contributed by atoms with van der Waals surface area (Å²) in [5.41, 5.74) is 0.0216. The molecule has 1 saturated heterocycles. The fourth-order valence-electron chi connectivity index (χ4n) is 2.09. The van der Waals surface area contributed by atoms with Crippen molar-refractivity contribution in [3.8, 4) is 5.75 Å². The summed E-state index contributed by atoms with van der Waals surface area (Å²) in [7, 11) is 0. The molecule has 18 heavy (non-hydrogen) atoms. The highest BCUT2D eigenvalue weighted by Gasteiger charge is 2.18. The molecule has 0 bridgehead atoms. The predicted molar refractivity (Wildman–Crippen MR) is 65.5 cm³/mol. The minimum absolute atomic E-state index is 0.0216. The molecule has 1 heterocycles. The number of carbonyl (C=O) groups excluding carboxylic acids is 1. The first kappa shape index (κ1) is 13.0. The van der Waals surface area contributed by atoms with E-state index in [0.717, 1.165) is 25.9 Å². The zero-order valence-corrected chi connectivity index (χ0v) is 10.4. The number of ketones is 1. The second-order valence-corrected chi connectivity index (χ2v) is 4.47. The lowest BCUT2D eigenvalue weighted by Crippen LogP contribution is -2.26. The molecular weight excluding hydrogens is 235 g/mol. The maximum Gasteiger partial charge on any atom is 0.166 e. The normalized spacial score (nSPS) is 19.6. The van der Waals surface area contributed by atoms with Crippen LogP contribution < -0.4 is 4.74 Å². The molecule has 1 aromatic carbocycles. The highest BCUT2D eigenvalue weighted by Crippen LogP contribution is 2.23. The first-order chi connectivity index (χ1) is 8.68. The van der Waals surface area contributed by atoms with E-state index in [1.54, 1.807) is 12.1 Å². The summed E-state index contributed by atoms with van der Waals surface area (Å²) in [5.74, 6) is -0.561. The number of Topliss-reactive ketones (excluding diaryl/α,β-unsaturated/α-hetero) is 1. The number of carbonyl (C=O) groups is 1. The molecule has 1 aliphatic heterocycles. The molecule has 4 heteroatoms. The Morgan fingerprint density at radius 2 is 2.33 bits per heavy atom. The molecule has 98 valence electrons. The third kappa shape index (κ3) is 3.07. The lowest BCUT2D eigenvalue weighted by Gasteiger charge is -2.23. The number of halogens is 1. The topological polar surface area (TPSA) is 35.5 Å². The largest absolute Gasteiger partial charge is 0.490 e. The Hall–Kier alpha value is -1.42. The van der Waals surface area contributed by atoms with Crippen molar-refractivity contribution in [1.29, 1.82) is 0 Å². The van der Waals surface area contributed by atoms with E-state index in [1.165, 1.54) is 13.0 Å². The number of rotatable bonds is 4. The first-order valence-corrected chi connectivity index (χ1v) is 6.22. The first-order valence-electron chi connectivity index (χ1n) is 6.22. The van der Waals surface area contributed by atoms with Gasteiger partial charge in [-0.25, -0.2) is 4.39 Å². The Morgan fingerprint density at radius 1 is 1.50 bits per heavy atom. The summed E-state index contributed by atoms with van der Waals surface area (Å²) in [6.07, 6.45) is 3.19. The minimum atomic E-state index is -0.537. The second-order valence-electron chi connectivity index (χ2n) is 4.47. The summed E-state index contributed by atoms with van der Waals surface area (Å²) >= 11 is 0. The van der Waals surface area contributed by atoms with Crippen LogP contribution in [0.15, 0.2) is 18.2 Å². The Balaban J connectivity index is 2.04. The van der Waals surface area contributed by atoms with Crippen molar-refractivity contribution in [3.05, 3.63) is 29.6 Å². The van der Waals surface area contributed by atoms with Crippen LogP contribution in [0.25, 0.3) is 0 Å². The van der Waals surface area contributed by atoms with Gasteiger partial charge in [-0.05, 0) is 38.3 Å². The van der Waals surface area contributed by atoms with Gasteiger partial charge in [-0.3, -0.25) is 4.79 Å². The van der Waals surface area contributed by atoms with Gasteiger partial charge in [-0.2, -0.15) is 0 Å². The van der Waals surface area contributed by atoms with Crippen LogP contribution in [0.2, 0.25) is 0 Å². The monoisotopic (exact) mass is 252 g/mol. The third-order valence-electron chi connectivity index (χ3n) is 3.03. The molecule has 1 atom stereocenters. The summed E-state index contributed by atoms with van der Waals surface area (Å²) in [6.45, 7) is 2.45. The van der Waals surface area contributed by atoms with E-state index in [1.807, 2.05) is 0 Å². The number of ether oxygens (including phenoxy) is 2. The van der Waals surface area contributed by atoms with Crippen LogP contribution in [0.4, 0.5) is 4.39 Å². The summed E-state index contributed by atoms with van der Waals surface area (Å²) in [5, 5.41) is 0. The molecule has 0 amide bonds. The van der Waals surface area contributed by atoms with Crippen LogP contribution in [-0.2, 0) is 4.74 Å². The summed E-state index contributed by atoms with van der Waals surface area (Å²) < 4.78 is 24.6. The Kier molecular flexibility index (Phi) is 4.31. The Labute approximate surface area is 106 Å².